The zero-order valence-electron chi connectivity index (χ0n) is 17.3. The van der Waals surface area contributed by atoms with Crippen LogP contribution in [0.4, 0.5) is 10.1 Å². The van der Waals surface area contributed by atoms with E-state index in [1.807, 2.05) is 4.72 Å². The van der Waals surface area contributed by atoms with E-state index in [-0.39, 0.29) is 6.04 Å². The maximum atomic E-state index is 13.3. The number of rotatable bonds is 7. The highest BCUT2D eigenvalue weighted by Crippen LogP contribution is 2.27. The number of carbonyl (C=O) groups is 2. The van der Waals surface area contributed by atoms with Crippen LogP contribution in [0.1, 0.15) is 33.3 Å². The number of nitrogens with zero attached hydrogens (tertiary/aromatic N) is 1. The zero-order chi connectivity index (χ0) is 22.5. The predicted molar refractivity (Wildman–Crippen MR) is 115 cm³/mol. The second-order valence-electron chi connectivity index (χ2n) is 7.56. The van der Waals surface area contributed by atoms with Gasteiger partial charge in [-0.2, -0.15) is 0 Å². The van der Waals surface area contributed by atoms with E-state index in [1.165, 1.54) is 49.1 Å². The first kappa shape index (κ1) is 23.3. The average Bonchev–Trinajstić information content (AvgIpc) is 2.68. The van der Waals surface area contributed by atoms with Crippen molar-refractivity contribution >= 4 is 33.6 Å². The van der Waals surface area contributed by atoms with Crippen molar-refractivity contribution in [2.75, 3.05) is 4.90 Å². The summed E-state index contributed by atoms with van der Waals surface area (Å²) in [7, 11) is -4.11. The van der Waals surface area contributed by atoms with Crippen molar-refractivity contribution in [3.63, 3.8) is 0 Å². The molecule has 0 aromatic heterocycles. The van der Waals surface area contributed by atoms with Gasteiger partial charge in [-0.25, -0.2) is 17.5 Å². The van der Waals surface area contributed by atoms with Crippen molar-refractivity contribution in [3.05, 3.63) is 71.4 Å². The van der Waals surface area contributed by atoms with Gasteiger partial charge in [0, 0.05) is 11.7 Å². The molecule has 0 aliphatic carbocycles. The summed E-state index contributed by atoms with van der Waals surface area (Å²) in [5.41, 5.74) is -0.635. The van der Waals surface area contributed by atoms with Crippen LogP contribution < -0.4 is 9.62 Å². The molecule has 0 radical (unpaired) electrons. The average molecular weight is 433 g/mol. The van der Waals surface area contributed by atoms with Gasteiger partial charge in [-0.1, -0.05) is 30.3 Å². The van der Waals surface area contributed by atoms with Crippen LogP contribution in [0.3, 0.4) is 0 Å². The van der Waals surface area contributed by atoms with Crippen molar-refractivity contribution in [2.24, 2.45) is 5.41 Å². The van der Waals surface area contributed by atoms with Gasteiger partial charge in [0.05, 0.1) is 5.41 Å². The van der Waals surface area contributed by atoms with Crippen molar-refractivity contribution in [3.8, 4) is 0 Å². The third-order valence-corrected chi connectivity index (χ3v) is 5.38. The summed E-state index contributed by atoms with van der Waals surface area (Å²) in [4.78, 5) is 27.2. The lowest BCUT2D eigenvalue weighted by Crippen LogP contribution is -2.52. The molecule has 2 rings (SSSR count). The zero-order valence-corrected chi connectivity index (χ0v) is 18.1. The van der Waals surface area contributed by atoms with Crippen LogP contribution in [-0.4, -0.2) is 26.3 Å². The Morgan fingerprint density at radius 1 is 1.03 bits per heavy atom. The van der Waals surface area contributed by atoms with Crippen LogP contribution in [0.15, 0.2) is 60.0 Å². The van der Waals surface area contributed by atoms with E-state index in [0.717, 1.165) is 5.41 Å². The van der Waals surface area contributed by atoms with E-state index in [9.17, 15) is 22.4 Å². The van der Waals surface area contributed by atoms with Crippen LogP contribution in [0.25, 0.3) is 6.08 Å². The van der Waals surface area contributed by atoms with Gasteiger partial charge in [-0.15, -0.1) is 0 Å². The number of amides is 2. The molecule has 0 saturated heterocycles. The molecule has 1 N–H and O–H groups in total. The van der Waals surface area contributed by atoms with E-state index in [4.69, 9.17) is 0 Å². The standard InChI is InChI=1S/C22H25FN2O4S/c1-16(2)25(19-12-10-18(23)11-13-19)21(27)22(3,4)20(26)24-30(28,29)15-14-17-8-6-5-7-9-17/h5-16H,1-4H3,(H,24,26). The minimum Gasteiger partial charge on any atom is -0.309 e. The summed E-state index contributed by atoms with van der Waals surface area (Å²) < 4.78 is 39.8. The highest BCUT2D eigenvalue weighted by molar-refractivity contribution is 7.93. The number of benzene rings is 2. The molecule has 2 amide bonds. The third kappa shape index (κ3) is 5.76. The number of sulfonamides is 1. The molecule has 160 valence electrons. The smallest absolute Gasteiger partial charge is 0.257 e. The van der Waals surface area contributed by atoms with Crippen molar-refractivity contribution in [2.45, 2.75) is 33.7 Å². The van der Waals surface area contributed by atoms with E-state index in [0.29, 0.717) is 11.3 Å². The maximum absolute atomic E-state index is 13.3. The monoisotopic (exact) mass is 432 g/mol. The third-order valence-electron chi connectivity index (χ3n) is 4.42. The number of carbonyl (C=O) groups excluding carboxylic acids is 2. The number of hydrogen-bond donors (Lipinski definition) is 1. The molecule has 30 heavy (non-hydrogen) atoms. The van der Waals surface area contributed by atoms with Crippen molar-refractivity contribution in [1.82, 2.24) is 4.72 Å². The van der Waals surface area contributed by atoms with Crippen LogP contribution in [0.5, 0.6) is 0 Å². The lowest BCUT2D eigenvalue weighted by molar-refractivity contribution is -0.138. The summed E-state index contributed by atoms with van der Waals surface area (Å²) in [5.74, 6) is -2.02. The lowest BCUT2D eigenvalue weighted by Gasteiger charge is -2.33. The van der Waals surface area contributed by atoms with Gasteiger partial charge < -0.3 is 4.90 Å². The minimum absolute atomic E-state index is 0.343. The topological polar surface area (TPSA) is 83.6 Å². The molecule has 0 saturated carbocycles. The van der Waals surface area contributed by atoms with Crippen molar-refractivity contribution < 1.29 is 22.4 Å². The Hall–Kier alpha value is -3.00. The Morgan fingerprint density at radius 3 is 2.13 bits per heavy atom. The van der Waals surface area contributed by atoms with Gasteiger partial charge in [0.15, 0.2) is 0 Å². The first-order chi connectivity index (χ1) is 13.9. The molecule has 0 fully saturated rings. The summed E-state index contributed by atoms with van der Waals surface area (Å²) in [5, 5.41) is 0.876. The first-order valence-corrected chi connectivity index (χ1v) is 10.9. The van der Waals surface area contributed by atoms with E-state index < -0.39 is 33.1 Å². The molecular weight excluding hydrogens is 407 g/mol. The molecule has 0 heterocycles. The normalized spacial score (nSPS) is 12.2. The van der Waals surface area contributed by atoms with Gasteiger partial charge in [-0.05, 0) is 63.6 Å². The molecule has 0 atom stereocenters. The van der Waals surface area contributed by atoms with Gasteiger partial charge >= 0.3 is 0 Å². The fraction of sp³-hybridized carbons (Fsp3) is 0.273. The number of nitrogens with one attached hydrogen (secondary N) is 1. The second kappa shape index (κ2) is 9.21. The van der Waals surface area contributed by atoms with Gasteiger partial charge in [0.25, 0.3) is 10.0 Å². The van der Waals surface area contributed by atoms with Crippen molar-refractivity contribution in [1.29, 1.82) is 0 Å². The van der Waals surface area contributed by atoms with Gasteiger partial charge in [0.2, 0.25) is 11.8 Å². The molecular formula is C22H25FN2O4S. The Labute approximate surface area is 176 Å². The molecule has 8 heteroatoms. The molecule has 2 aromatic rings. The summed E-state index contributed by atoms with van der Waals surface area (Å²) in [6.45, 7) is 6.18. The fourth-order valence-electron chi connectivity index (χ4n) is 2.67. The molecule has 0 aliphatic rings. The Kier molecular flexibility index (Phi) is 7.15. The lowest BCUT2D eigenvalue weighted by atomic mass is 9.90. The van der Waals surface area contributed by atoms with Crippen LogP contribution in [0, 0.1) is 11.2 Å². The molecule has 0 spiro atoms. The van der Waals surface area contributed by atoms with Gasteiger partial charge in [0.1, 0.15) is 11.2 Å². The highest BCUT2D eigenvalue weighted by Gasteiger charge is 2.41. The van der Waals surface area contributed by atoms with Crippen LogP contribution in [0.2, 0.25) is 0 Å². The predicted octanol–water partition coefficient (Wildman–Crippen LogP) is 3.71. The Bertz CT molecular complexity index is 1030. The van der Waals surface area contributed by atoms with E-state index in [2.05, 4.69) is 0 Å². The minimum atomic E-state index is -4.11. The van der Waals surface area contributed by atoms with Crippen LogP contribution >= 0.6 is 0 Å². The first-order valence-electron chi connectivity index (χ1n) is 9.33. The van der Waals surface area contributed by atoms with Crippen LogP contribution in [-0.2, 0) is 19.6 Å². The quantitative estimate of drug-likeness (QED) is 0.676. The Balaban J connectivity index is 2.22. The van der Waals surface area contributed by atoms with E-state index >= 15 is 0 Å². The second-order valence-corrected chi connectivity index (χ2v) is 9.13. The summed E-state index contributed by atoms with van der Waals surface area (Å²) >= 11 is 0. The summed E-state index contributed by atoms with van der Waals surface area (Å²) in [6, 6.07) is 13.7. The maximum Gasteiger partial charge on any atom is 0.257 e. The molecule has 6 nitrogen and oxygen atoms in total. The number of hydrogen-bond acceptors (Lipinski definition) is 4. The van der Waals surface area contributed by atoms with E-state index in [1.54, 1.807) is 44.2 Å². The SMILES string of the molecule is CC(C)N(C(=O)C(C)(C)C(=O)NS(=O)(=O)C=Cc1ccccc1)c1ccc(F)cc1. The number of anilines is 1. The molecule has 0 aliphatic heterocycles. The largest absolute Gasteiger partial charge is 0.309 e. The molecule has 0 bridgehead atoms. The van der Waals surface area contributed by atoms with Gasteiger partial charge in [-0.3, -0.25) is 9.59 Å². The molecule has 2 aromatic carbocycles. The molecule has 0 unspecified atom stereocenters. The highest BCUT2D eigenvalue weighted by atomic mass is 32.2. The Morgan fingerprint density at radius 2 is 1.60 bits per heavy atom. The number of halogens is 1. The fourth-order valence-corrected chi connectivity index (χ4v) is 3.59. The summed E-state index contributed by atoms with van der Waals surface area (Å²) in [6.07, 6.45) is 1.35.